The van der Waals surface area contributed by atoms with Crippen molar-refractivity contribution in [3.05, 3.63) is 59.9 Å². The average Bonchev–Trinajstić information content (AvgIpc) is 3.63. The topological polar surface area (TPSA) is 57.4 Å². The highest BCUT2D eigenvalue weighted by Crippen LogP contribution is 2.37. The molecule has 0 aliphatic heterocycles. The van der Waals surface area contributed by atoms with E-state index in [-0.39, 0.29) is 5.82 Å². The van der Waals surface area contributed by atoms with Crippen LogP contribution in [0, 0.1) is 5.82 Å². The Bertz CT molecular complexity index is 1500. The van der Waals surface area contributed by atoms with Gasteiger partial charge in [-0.25, -0.2) is 14.4 Å². The molecule has 0 radical (unpaired) electrons. The summed E-state index contributed by atoms with van der Waals surface area (Å²) in [5.41, 5.74) is 5.21. The molecule has 5 heteroatoms. The van der Waals surface area contributed by atoms with Gasteiger partial charge in [0.05, 0.1) is 22.1 Å². The Morgan fingerprint density at radius 2 is 1.42 bits per heavy atom. The Labute approximate surface area is 191 Å². The summed E-state index contributed by atoms with van der Waals surface area (Å²) >= 11 is 0. The molecule has 2 fully saturated rings. The van der Waals surface area contributed by atoms with Gasteiger partial charge in [-0.1, -0.05) is 43.9 Å². The van der Waals surface area contributed by atoms with Gasteiger partial charge in [-0.05, 0) is 54.8 Å². The highest BCUT2D eigenvalue weighted by molar-refractivity contribution is 6.05. The first-order valence-corrected chi connectivity index (χ1v) is 12.3. The third-order valence-corrected chi connectivity index (χ3v) is 7.87. The maximum absolute atomic E-state index is 15.2. The predicted molar refractivity (Wildman–Crippen MR) is 131 cm³/mol. The monoisotopic (exact) mass is 438 g/mol. The van der Waals surface area contributed by atoms with Crippen LogP contribution in [0.25, 0.3) is 44.0 Å². The number of rotatable bonds is 3. The smallest absolute Gasteiger partial charge is 0.133 e. The minimum absolute atomic E-state index is 0.215. The van der Waals surface area contributed by atoms with Crippen molar-refractivity contribution < 1.29 is 4.39 Å². The number of aromatic nitrogens is 4. The Kier molecular flexibility index (Phi) is 4.33. The molecular weight excluding hydrogens is 411 g/mol. The second kappa shape index (κ2) is 7.41. The van der Waals surface area contributed by atoms with Crippen molar-refractivity contribution in [2.75, 3.05) is 0 Å². The van der Waals surface area contributed by atoms with E-state index in [0.717, 1.165) is 50.1 Å². The molecule has 5 aromatic rings. The number of benzene rings is 3. The van der Waals surface area contributed by atoms with Gasteiger partial charge in [0.1, 0.15) is 17.5 Å². The number of H-pyrrole nitrogens is 2. The van der Waals surface area contributed by atoms with Crippen molar-refractivity contribution in [2.45, 2.75) is 63.2 Å². The fourth-order valence-corrected chi connectivity index (χ4v) is 6.05. The van der Waals surface area contributed by atoms with E-state index in [4.69, 9.17) is 9.97 Å². The van der Waals surface area contributed by atoms with Gasteiger partial charge in [0.2, 0.25) is 0 Å². The van der Waals surface area contributed by atoms with Gasteiger partial charge in [-0.15, -0.1) is 0 Å². The summed E-state index contributed by atoms with van der Waals surface area (Å²) in [4.78, 5) is 16.7. The molecule has 0 saturated heterocycles. The van der Waals surface area contributed by atoms with E-state index in [0.29, 0.717) is 17.4 Å². The summed E-state index contributed by atoms with van der Waals surface area (Å²) in [5.74, 6) is 2.95. The van der Waals surface area contributed by atoms with Gasteiger partial charge >= 0.3 is 0 Å². The zero-order valence-electron chi connectivity index (χ0n) is 18.6. The van der Waals surface area contributed by atoms with Crippen LogP contribution in [0.2, 0.25) is 0 Å². The van der Waals surface area contributed by atoms with Gasteiger partial charge in [-0.2, -0.15) is 0 Å². The molecule has 0 bridgehead atoms. The quantitative estimate of drug-likeness (QED) is 0.303. The number of nitrogens with zero attached hydrogens (tertiary/aromatic N) is 2. The van der Waals surface area contributed by atoms with Crippen LogP contribution in [-0.4, -0.2) is 19.9 Å². The Morgan fingerprint density at radius 3 is 2.18 bits per heavy atom. The summed E-state index contributed by atoms with van der Waals surface area (Å²) in [5, 5.41) is 2.19. The summed E-state index contributed by atoms with van der Waals surface area (Å²) in [6, 6.07) is 13.9. The number of imidazole rings is 2. The van der Waals surface area contributed by atoms with E-state index >= 15 is 4.39 Å². The lowest BCUT2D eigenvalue weighted by Crippen LogP contribution is -1.94. The SMILES string of the molecule is Fc1cc2[nH]c(C3CCCC3)nc2cc1-c1ccc2c(ccc3[nH]c(C4CCCC4)nc32)c1. The molecular formula is C28H27FN4. The van der Waals surface area contributed by atoms with E-state index in [1.165, 1.54) is 51.4 Å². The number of halogens is 1. The number of hydrogen-bond acceptors (Lipinski definition) is 2. The zero-order chi connectivity index (χ0) is 21.9. The Balaban J connectivity index is 1.30. The lowest BCUT2D eigenvalue weighted by Gasteiger charge is -2.06. The molecule has 2 N–H and O–H groups in total. The molecule has 0 spiro atoms. The van der Waals surface area contributed by atoms with Crippen molar-refractivity contribution in [3.63, 3.8) is 0 Å². The van der Waals surface area contributed by atoms with Crippen LogP contribution >= 0.6 is 0 Å². The maximum atomic E-state index is 15.2. The van der Waals surface area contributed by atoms with Crippen LogP contribution in [0.3, 0.4) is 0 Å². The van der Waals surface area contributed by atoms with Crippen LogP contribution in [0.15, 0.2) is 42.5 Å². The average molecular weight is 439 g/mol. The van der Waals surface area contributed by atoms with Gasteiger partial charge in [-0.3, -0.25) is 0 Å². The fraction of sp³-hybridized carbons (Fsp3) is 0.357. The molecule has 2 saturated carbocycles. The van der Waals surface area contributed by atoms with Gasteiger partial charge in [0.25, 0.3) is 0 Å². The van der Waals surface area contributed by atoms with Crippen LogP contribution in [0.4, 0.5) is 4.39 Å². The van der Waals surface area contributed by atoms with E-state index in [1.807, 2.05) is 12.1 Å². The number of nitrogens with one attached hydrogen (secondary N) is 2. The first-order valence-electron chi connectivity index (χ1n) is 12.3. The maximum Gasteiger partial charge on any atom is 0.133 e. The first kappa shape index (κ1) is 19.3. The summed E-state index contributed by atoms with van der Waals surface area (Å²) in [6.07, 6.45) is 9.87. The van der Waals surface area contributed by atoms with Crippen molar-refractivity contribution in [3.8, 4) is 11.1 Å². The third kappa shape index (κ3) is 3.17. The minimum Gasteiger partial charge on any atom is -0.342 e. The molecule has 2 heterocycles. The molecule has 2 aliphatic carbocycles. The second-order valence-corrected chi connectivity index (χ2v) is 9.95. The summed E-state index contributed by atoms with van der Waals surface area (Å²) < 4.78 is 15.2. The van der Waals surface area contributed by atoms with E-state index < -0.39 is 0 Å². The Hall–Kier alpha value is -3.21. The predicted octanol–water partition coefficient (Wildman–Crippen LogP) is 7.71. The highest BCUT2D eigenvalue weighted by Gasteiger charge is 2.22. The van der Waals surface area contributed by atoms with Gasteiger partial charge in [0, 0.05) is 28.9 Å². The van der Waals surface area contributed by atoms with E-state index in [2.05, 4.69) is 34.2 Å². The first-order chi connectivity index (χ1) is 16.2. The summed E-state index contributed by atoms with van der Waals surface area (Å²) in [7, 11) is 0. The zero-order valence-corrected chi connectivity index (χ0v) is 18.6. The fourth-order valence-electron chi connectivity index (χ4n) is 6.05. The normalized spacial score (nSPS) is 17.8. The molecule has 166 valence electrons. The molecule has 33 heavy (non-hydrogen) atoms. The minimum atomic E-state index is -0.215. The van der Waals surface area contributed by atoms with Crippen LogP contribution in [0.5, 0.6) is 0 Å². The molecule has 2 aromatic heterocycles. The second-order valence-electron chi connectivity index (χ2n) is 9.95. The van der Waals surface area contributed by atoms with Gasteiger partial charge < -0.3 is 9.97 Å². The van der Waals surface area contributed by atoms with Crippen molar-refractivity contribution in [2.24, 2.45) is 0 Å². The Morgan fingerprint density at radius 1 is 0.727 bits per heavy atom. The van der Waals surface area contributed by atoms with Crippen LogP contribution in [-0.2, 0) is 0 Å². The molecule has 3 aromatic carbocycles. The number of hydrogen-bond donors (Lipinski definition) is 2. The van der Waals surface area contributed by atoms with Crippen molar-refractivity contribution >= 4 is 32.8 Å². The molecule has 4 nitrogen and oxygen atoms in total. The summed E-state index contributed by atoms with van der Waals surface area (Å²) in [6.45, 7) is 0. The van der Waals surface area contributed by atoms with Crippen LogP contribution < -0.4 is 0 Å². The molecule has 2 aliphatic rings. The molecule has 0 atom stereocenters. The van der Waals surface area contributed by atoms with Crippen molar-refractivity contribution in [1.29, 1.82) is 0 Å². The molecule has 0 unspecified atom stereocenters. The lowest BCUT2D eigenvalue weighted by molar-refractivity contribution is 0.633. The van der Waals surface area contributed by atoms with E-state index in [1.54, 1.807) is 6.07 Å². The van der Waals surface area contributed by atoms with E-state index in [9.17, 15) is 0 Å². The standard InChI is InChI=1S/C28H27FN4/c29-22-15-25-24(31-27(32-25)16-5-1-2-6-16)14-21(22)19-9-11-20-18(13-19)10-12-23-26(20)33-28(30-23)17-7-3-4-8-17/h9-17H,1-8H2,(H,30,33)(H,31,32). The highest BCUT2D eigenvalue weighted by atomic mass is 19.1. The largest absolute Gasteiger partial charge is 0.342 e. The number of aromatic amines is 2. The molecule has 7 rings (SSSR count). The lowest BCUT2D eigenvalue weighted by atomic mass is 9.99. The molecule has 0 amide bonds. The van der Waals surface area contributed by atoms with Gasteiger partial charge in [0.15, 0.2) is 0 Å². The third-order valence-electron chi connectivity index (χ3n) is 7.87. The van der Waals surface area contributed by atoms with Crippen molar-refractivity contribution in [1.82, 2.24) is 19.9 Å². The van der Waals surface area contributed by atoms with Crippen LogP contribution in [0.1, 0.15) is 74.9 Å². The number of fused-ring (bicyclic) bond motifs is 4.